The van der Waals surface area contributed by atoms with Gasteiger partial charge in [-0.3, -0.25) is 4.98 Å². The number of hydrogen-bond acceptors (Lipinski definition) is 6. The van der Waals surface area contributed by atoms with Gasteiger partial charge in [-0.2, -0.15) is 5.10 Å². The lowest BCUT2D eigenvalue weighted by atomic mass is 10.1. The number of pyridine rings is 1. The molecule has 7 heteroatoms. The summed E-state index contributed by atoms with van der Waals surface area (Å²) in [6.45, 7) is 4.40. The minimum absolute atomic E-state index is 0.0497. The number of rotatable bonds is 2. The Morgan fingerprint density at radius 1 is 1.41 bits per heavy atom. The summed E-state index contributed by atoms with van der Waals surface area (Å²) in [5, 5.41) is 5.46. The second-order valence-electron chi connectivity index (χ2n) is 5.45. The first-order valence-electron chi connectivity index (χ1n) is 7.29. The second-order valence-corrected chi connectivity index (χ2v) is 6.43. The molecule has 0 saturated carbocycles. The number of nitrogens with zero attached hydrogens (tertiary/aromatic N) is 5. The molecule has 3 aromatic rings. The molecule has 0 amide bonds. The van der Waals surface area contributed by atoms with Gasteiger partial charge in [-0.1, -0.05) is 17.4 Å². The Balaban J connectivity index is 1.62. The third kappa shape index (κ3) is 2.26. The van der Waals surface area contributed by atoms with E-state index in [1.807, 2.05) is 30.9 Å². The van der Waals surface area contributed by atoms with Crippen molar-refractivity contribution in [3.05, 3.63) is 35.8 Å². The maximum absolute atomic E-state index is 5.90. The molecule has 0 spiro atoms. The number of thiazole rings is 1. The molecule has 4 rings (SSSR count). The second kappa shape index (κ2) is 5.33. The van der Waals surface area contributed by atoms with Crippen molar-refractivity contribution in [3.8, 4) is 0 Å². The van der Waals surface area contributed by atoms with Crippen LogP contribution < -0.4 is 4.90 Å². The van der Waals surface area contributed by atoms with Crippen molar-refractivity contribution < 1.29 is 4.74 Å². The van der Waals surface area contributed by atoms with Crippen LogP contribution in [-0.2, 0) is 11.8 Å². The van der Waals surface area contributed by atoms with Crippen LogP contribution in [0.3, 0.4) is 0 Å². The van der Waals surface area contributed by atoms with Gasteiger partial charge in [0.25, 0.3) is 0 Å². The van der Waals surface area contributed by atoms with Crippen LogP contribution >= 0.6 is 11.3 Å². The zero-order valence-electron chi connectivity index (χ0n) is 12.6. The summed E-state index contributed by atoms with van der Waals surface area (Å²) < 4.78 is 8.92. The van der Waals surface area contributed by atoms with Gasteiger partial charge in [0.15, 0.2) is 10.8 Å². The number of ether oxygens (including phenoxy) is 1. The number of morpholine rings is 1. The van der Waals surface area contributed by atoms with Crippen molar-refractivity contribution in [3.63, 3.8) is 0 Å². The molecule has 114 valence electrons. The molecule has 1 fully saturated rings. The summed E-state index contributed by atoms with van der Waals surface area (Å²) in [5.74, 6) is 0. The van der Waals surface area contributed by atoms with Crippen LogP contribution in [0.1, 0.15) is 17.4 Å². The molecule has 0 aliphatic carbocycles. The summed E-state index contributed by atoms with van der Waals surface area (Å²) in [7, 11) is 1.94. The topological polar surface area (TPSA) is 56.1 Å². The first-order valence-corrected chi connectivity index (χ1v) is 8.10. The average molecular weight is 315 g/mol. The lowest BCUT2D eigenvalue weighted by molar-refractivity contribution is 0.0396. The van der Waals surface area contributed by atoms with Gasteiger partial charge in [0.05, 0.1) is 23.5 Å². The Morgan fingerprint density at radius 2 is 2.32 bits per heavy atom. The van der Waals surface area contributed by atoms with E-state index < -0.39 is 0 Å². The van der Waals surface area contributed by atoms with E-state index in [2.05, 4.69) is 21.0 Å². The first-order chi connectivity index (χ1) is 10.7. The molecule has 0 aromatic carbocycles. The van der Waals surface area contributed by atoms with Gasteiger partial charge in [0, 0.05) is 31.5 Å². The van der Waals surface area contributed by atoms with Crippen LogP contribution in [0.15, 0.2) is 24.5 Å². The van der Waals surface area contributed by atoms with E-state index in [9.17, 15) is 0 Å². The summed E-state index contributed by atoms with van der Waals surface area (Å²) >= 11 is 1.71. The van der Waals surface area contributed by atoms with Crippen LogP contribution in [-0.4, -0.2) is 39.4 Å². The lowest BCUT2D eigenvalue weighted by Gasteiger charge is -2.32. The van der Waals surface area contributed by atoms with E-state index in [4.69, 9.17) is 9.72 Å². The van der Waals surface area contributed by atoms with Crippen molar-refractivity contribution in [1.29, 1.82) is 0 Å². The van der Waals surface area contributed by atoms with Crippen LogP contribution in [0.5, 0.6) is 0 Å². The Labute approximate surface area is 132 Å². The standard InChI is InChI=1S/C15H17N5OS/c1-10-13-14(19(2)18-10)17-15(22-13)20-6-7-21-12(9-20)11-4-3-5-16-8-11/h3-5,8,12H,6-7,9H2,1-2H3/t12-/m1/s1. The molecule has 6 nitrogen and oxygen atoms in total. The van der Waals surface area contributed by atoms with Gasteiger partial charge < -0.3 is 9.64 Å². The molecule has 1 saturated heterocycles. The van der Waals surface area contributed by atoms with Crippen LogP contribution in [0.4, 0.5) is 5.13 Å². The maximum Gasteiger partial charge on any atom is 0.188 e. The van der Waals surface area contributed by atoms with Crippen LogP contribution in [0, 0.1) is 6.92 Å². The van der Waals surface area contributed by atoms with Crippen molar-refractivity contribution >= 4 is 26.8 Å². The van der Waals surface area contributed by atoms with E-state index in [-0.39, 0.29) is 6.10 Å². The fourth-order valence-electron chi connectivity index (χ4n) is 2.80. The maximum atomic E-state index is 5.90. The van der Waals surface area contributed by atoms with Gasteiger partial charge in [-0.25, -0.2) is 9.67 Å². The largest absolute Gasteiger partial charge is 0.370 e. The minimum Gasteiger partial charge on any atom is -0.370 e. The Hall–Kier alpha value is -1.99. The molecular weight excluding hydrogens is 298 g/mol. The SMILES string of the molecule is Cc1nn(C)c2nc(N3CCO[C@@H](c4cccnc4)C3)sc12. The average Bonchev–Trinajstić information content (AvgIpc) is 3.11. The van der Waals surface area contributed by atoms with Crippen LogP contribution in [0.25, 0.3) is 10.3 Å². The molecular formula is C15H17N5OS. The fourth-order valence-corrected chi connectivity index (χ4v) is 3.87. The van der Waals surface area contributed by atoms with E-state index in [0.29, 0.717) is 6.61 Å². The van der Waals surface area contributed by atoms with Gasteiger partial charge in [0.1, 0.15) is 6.10 Å². The molecule has 1 aliphatic heterocycles. The van der Waals surface area contributed by atoms with Gasteiger partial charge in [-0.05, 0) is 13.0 Å². The highest BCUT2D eigenvalue weighted by molar-refractivity contribution is 7.22. The summed E-state index contributed by atoms with van der Waals surface area (Å²) in [4.78, 5) is 11.2. The zero-order valence-corrected chi connectivity index (χ0v) is 13.4. The van der Waals surface area contributed by atoms with Crippen molar-refractivity contribution in [2.24, 2.45) is 7.05 Å². The number of aromatic nitrogens is 4. The number of fused-ring (bicyclic) bond motifs is 1. The smallest absolute Gasteiger partial charge is 0.188 e. The molecule has 3 aromatic heterocycles. The summed E-state index contributed by atoms with van der Waals surface area (Å²) in [6, 6.07) is 4.01. The normalized spacial score (nSPS) is 19.0. The Kier molecular flexibility index (Phi) is 3.31. The molecule has 1 atom stereocenters. The number of hydrogen-bond donors (Lipinski definition) is 0. The molecule has 22 heavy (non-hydrogen) atoms. The van der Waals surface area contributed by atoms with Gasteiger partial charge in [-0.15, -0.1) is 0 Å². The molecule has 0 unspecified atom stereocenters. The number of anilines is 1. The zero-order chi connectivity index (χ0) is 15.1. The summed E-state index contributed by atoms with van der Waals surface area (Å²) in [6.07, 6.45) is 3.71. The predicted molar refractivity (Wildman–Crippen MR) is 86.3 cm³/mol. The Bertz CT molecular complexity index is 762. The summed E-state index contributed by atoms with van der Waals surface area (Å²) in [5.41, 5.74) is 3.12. The fraction of sp³-hybridized carbons (Fsp3) is 0.400. The molecule has 0 bridgehead atoms. The predicted octanol–water partition coefficient (Wildman–Crippen LogP) is 2.31. The quantitative estimate of drug-likeness (QED) is 0.726. The highest BCUT2D eigenvalue weighted by Crippen LogP contribution is 2.33. The van der Waals surface area contributed by atoms with E-state index in [1.165, 1.54) is 4.70 Å². The van der Waals surface area contributed by atoms with Crippen molar-refractivity contribution in [2.45, 2.75) is 13.0 Å². The molecule has 0 radical (unpaired) electrons. The minimum atomic E-state index is 0.0497. The van der Waals surface area contributed by atoms with Crippen LogP contribution in [0.2, 0.25) is 0 Å². The Morgan fingerprint density at radius 3 is 3.09 bits per heavy atom. The highest BCUT2D eigenvalue weighted by atomic mass is 32.1. The third-order valence-corrected chi connectivity index (χ3v) is 5.14. The monoisotopic (exact) mass is 315 g/mol. The van der Waals surface area contributed by atoms with Gasteiger partial charge in [0.2, 0.25) is 0 Å². The molecule has 0 N–H and O–H groups in total. The van der Waals surface area contributed by atoms with Gasteiger partial charge >= 0.3 is 0 Å². The van der Waals surface area contributed by atoms with Crippen molar-refractivity contribution in [1.82, 2.24) is 19.7 Å². The molecule has 1 aliphatic rings. The third-order valence-electron chi connectivity index (χ3n) is 3.93. The first kappa shape index (κ1) is 13.7. The lowest BCUT2D eigenvalue weighted by Crippen LogP contribution is -2.38. The van der Waals surface area contributed by atoms with Crippen molar-refractivity contribution in [2.75, 3.05) is 24.6 Å². The van der Waals surface area contributed by atoms with E-state index in [1.54, 1.807) is 17.5 Å². The van der Waals surface area contributed by atoms with E-state index in [0.717, 1.165) is 35.1 Å². The molecule has 4 heterocycles. The number of aryl methyl sites for hydroxylation is 2. The van der Waals surface area contributed by atoms with E-state index >= 15 is 0 Å². The highest BCUT2D eigenvalue weighted by Gasteiger charge is 2.25.